The lowest BCUT2D eigenvalue weighted by Crippen LogP contribution is -2.35. The molecule has 5 heteroatoms. The maximum atomic E-state index is 11.9. The Labute approximate surface area is 105 Å². The molecule has 0 saturated carbocycles. The van der Waals surface area contributed by atoms with Crippen molar-refractivity contribution in [1.82, 2.24) is 5.32 Å². The number of carbonyl (C=O) groups excluding carboxylic acids is 1. The highest BCUT2D eigenvalue weighted by atomic mass is 35.5. The summed E-state index contributed by atoms with van der Waals surface area (Å²) in [5, 5.41) is 15.3. The van der Waals surface area contributed by atoms with Crippen LogP contribution in [-0.4, -0.2) is 18.5 Å². The number of rotatable bonds is 2. The second-order valence-electron chi connectivity index (χ2n) is 3.94. The molecule has 2 N–H and O–H groups in total. The molecular formula is C12H12ClN3O. The number of benzene rings is 1. The summed E-state index contributed by atoms with van der Waals surface area (Å²) in [6, 6.07) is 6.67. The van der Waals surface area contributed by atoms with E-state index in [1.165, 1.54) is 0 Å². The van der Waals surface area contributed by atoms with Crippen LogP contribution in [0.4, 0.5) is 5.69 Å². The van der Waals surface area contributed by atoms with Crippen molar-refractivity contribution in [3.05, 3.63) is 28.8 Å². The normalized spacial score (nSPS) is 18.7. The molecule has 0 aliphatic carbocycles. The number of nitrogens with zero attached hydrogens (tertiary/aromatic N) is 1. The Balaban J connectivity index is 2.15. The minimum Gasteiger partial charge on any atom is -0.323 e. The van der Waals surface area contributed by atoms with Gasteiger partial charge < -0.3 is 10.6 Å². The van der Waals surface area contributed by atoms with Crippen molar-refractivity contribution in [2.45, 2.75) is 18.9 Å². The molecule has 2 rings (SSSR count). The number of nitriles is 1. The summed E-state index contributed by atoms with van der Waals surface area (Å²) < 4.78 is 0. The van der Waals surface area contributed by atoms with Crippen molar-refractivity contribution in [2.24, 2.45) is 0 Å². The first kappa shape index (κ1) is 11.9. The monoisotopic (exact) mass is 249 g/mol. The summed E-state index contributed by atoms with van der Waals surface area (Å²) >= 11 is 5.84. The summed E-state index contributed by atoms with van der Waals surface area (Å²) in [6.07, 6.45) is 1.83. The first-order chi connectivity index (χ1) is 8.20. The molecule has 88 valence electrons. The van der Waals surface area contributed by atoms with Gasteiger partial charge in [-0.3, -0.25) is 4.79 Å². The number of hydrogen-bond donors (Lipinski definition) is 2. The van der Waals surface area contributed by atoms with Crippen LogP contribution in [0.2, 0.25) is 5.02 Å². The average molecular weight is 250 g/mol. The molecule has 0 spiro atoms. The Morgan fingerprint density at radius 1 is 1.59 bits per heavy atom. The van der Waals surface area contributed by atoms with Crippen LogP contribution in [0.15, 0.2) is 18.2 Å². The van der Waals surface area contributed by atoms with Gasteiger partial charge in [0.15, 0.2) is 0 Å². The van der Waals surface area contributed by atoms with Crippen LogP contribution in [0, 0.1) is 11.3 Å². The van der Waals surface area contributed by atoms with Crippen molar-refractivity contribution >= 4 is 23.2 Å². The number of anilines is 1. The summed E-state index contributed by atoms with van der Waals surface area (Å²) in [4.78, 5) is 11.9. The largest absolute Gasteiger partial charge is 0.323 e. The van der Waals surface area contributed by atoms with Gasteiger partial charge in [-0.15, -0.1) is 0 Å². The zero-order valence-corrected chi connectivity index (χ0v) is 9.92. The topological polar surface area (TPSA) is 64.9 Å². The lowest BCUT2D eigenvalue weighted by Gasteiger charge is -2.12. The smallest absolute Gasteiger partial charge is 0.241 e. The summed E-state index contributed by atoms with van der Waals surface area (Å²) in [6.45, 7) is 0.860. The van der Waals surface area contributed by atoms with Crippen molar-refractivity contribution < 1.29 is 4.79 Å². The van der Waals surface area contributed by atoms with Crippen molar-refractivity contribution in [2.75, 3.05) is 11.9 Å². The first-order valence-electron chi connectivity index (χ1n) is 5.44. The molecule has 1 heterocycles. The van der Waals surface area contributed by atoms with Crippen LogP contribution in [0.5, 0.6) is 0 Å². The first-order valence-corrected chi connectivity index (χ1v) is 5.82. The van der Waals surface area contributed by atoms with Gasteiger partial charge in [0, 0.05) is 5.02 Å². The molecule has 1 aliphatic heterocycles. The van der Waals surface area contributed by atoms with Gasteiger partial charge in [-0.25, -0.2) is 0 Å². The average Bonchev–Trinajstić information content (AvgIpc) is 2.83. The van der Waals surface area contributed by atoms with Gasteiger partial charge >= 0.3 is 0 Å². The number of halogens is 1. The van der Waals surface area contributed by atoms with Gasteiger partial charge in [0.05, 0.1) is 17.3 Å². The molecule has 1 aromatic rings. The highest BCUT2D eigenvalue weighted by Crippen LogP contribution is 2.21. The van der Waals surface area contributed by atoms with Gasteiger partial charge in [-0.1, -0.05) is 11.6 Å². The van der Waals surface area contributed by atoms with Gasteiger partial charge in [-0.2, -0.15) is 5.26 Å². The molecular weight excluding hydrogens is 238 g/mol. The highest BCUT2D eigenvalue weighted by Gasteiger charge is 2.22. The Morgan fingerprint density at radius 2 is 2.41 bits per heavy atom. The number of amides is 1. The number of nitrogens with one attached hydrogen (secondary N) is 2. The predicted octanol–water partition coefficient (Wildman–Crippen LogP) is 1.90. The zero-order valence-electron chi connectivity index (χ0n) is 9.16. The van der Waals surface area contributed by atoms with Gasteiger partial charge in [0.2, 0.25) is 5.91 Å². The lowest BCUT2D eigenvalue weighted by molar-refractivity contribution is -0.117. The van der Waals surface area contributed by atoms with Gasteiger partial charge in [-0.05, 0) is 37.6 Å². The van der Waals surface area contributed by atoms with Crippen molar-refractivity contribution in [1.29, 1.82) is 5.26 Å². The molecule has 1 aromatic carbocycles. The van der Waals surface area contributed by atoms with E-state index in [4.69, 9.17) is 16.9 Å². The third-order valence-corrected chi connectivity index (χ3v) is 2.97. The molecule has 1 fully saturated rings. The van der Waals surface area contributed by atoms with Gasteiger partial charge in [0.1, 0.15) is 6.07 Å². The molecule has 0 radical (unpaired) electrons. The molecule has 0 bridgehead atoms. The van der Waals surface area contributed by atoms with Crippen molar-refractivity contribution in [3.8, 4) is 6.07 Å². The van der Waals surface area contributed by atoms with Crippen LogP contribution in [0.25, 0.3) is 0 Å². The maximum absolute atomic E-state index is 11.9. The van der Waals surface area contributed by atoms with E-state index in [1.807, 2.05) is 6.07 Å². The minimum absolute atomic E-state index is 0.110. The van der Waals surface area contributed by atoms with E-state index >= 15 is 0 Å². The molecule has 0 aromatic heterocycles. The van der Waals surface area contributed by atoms with Crippen LogP contribution >= 0.6 is 11.6 Å². The van der Waals surface area contributed by atoms with E-state index in [2.05, 4.69) is 10.6 Å². The fraction of sp³-hybridized carbons (Fsp3) is 0.333. The van der Waals surface area contributed by atoms with Gasteiger partial charge in [0.25, 0.3) is 0 Å². The minimum atomic E-state index is -0.166. The molecule has 17 heavy (non-hydrogen) atoms. The van der Waals surface area contributed by atoms with Crippen LogP contribution in [0.1, 0.15) is 18.4 Å². The molecule has 1 aliphatic rings. The third kappa shape index (κ3) is 2.76. The van der Waals surface area contributed by atoms with Crippen LogP contribution in [-0.2, 0) is 4.79 Å². The molecule has 1 atom stereocenters. The second-order valence-corrected chi connectivity index (χ2v) is 4.38. The molecule has 1 unspecified atom stereocenters. The van der Waals surface area contributed by atoms with Crippen LogP contribution in [0.3, 0.4) is 0 Å². The zero-order chi connectivity index (χ0) is 12.3. The lowest BCUT2D eigenvalue weighted by atomic mass is 10.1. The highest BCUT2D eigenvalue weighted by molar-refractivity contribution is 6.31. The van der Waals surface area contributed by atoms with E-state index in [9.17, 15) is 4.79 Å². The standard InChI is InChI=1S/C12H12ClN3O/c13-9-4-3-8(7-14)11(6-9)16-12(17)10-2-1-5-15-10/h3-4,6,10,15H,1-2,5H2,(H,16,17). The summed E-state index contributed by atoms with van der Waals surface area (Å²) in [7, 11) is 0. The Morgan fingerprint density at radius 3 is 3.06 bits per heavy atom. The van der Waals surface area contributed by atoms with Crippen molar-refractivity contribution in [3.63, 3.8) is 0 Å². The third-order valence-electron chi connectivity index (χ3n) is 2.74. The Kier molecular flexibility index (Phi) is 3.62. The number of hydrogen-bond acceptors (Lipinski definition) is 3. The van der Waals surface area contributed by atoms with E-state index < -0.39 is 0 Å². The van der Waals surface area contributed by atoms with E-state index in [1.54, 1.807) is 18.2 Å². The maximum Gasteiger partial charge on any atom is 0.241 e. The fourth-order valence-electron chi connectivity index (χ4n) is 1.85. The number of carbonyl (C=O) groups is 1. The fourth-order valence-corrected chi connectivity index (χ4v) is 2.02. The van der Waals surface area contributed by atoms with E-state index in [0.29, 0.717) is 16.3 Å². The molecule has 1 amide bonds. The Bertz CT molecular complexity index is 475. The van der Waals surface area contributed by atoms with Crippen LogP contribution < -0.4 is 10.6 Å². The van der Waals surface area contributed by atoms with E-state index in [0.717, 1.165) is 19.4 Å². The summed E-state index contributed by atoms with van der Waals surface area (Å²) in [5.41, 5.74) is 0.888. The SMILES string of the molecule is N#Cc1ccc(Cl)cc1NC(=O)C1CCCN1. The Hall–Kier alpha value is -1.57. The molecule has 1 saturated heterocycles. The molecule has 4 nitrogen and oxygen atoms in total. The predicted molar refractivity (Wildman–Crippen MR) is 65.8 cm³/mol. The van der Waals surface area contributed by atoms with E-state index in [-0.39, 0.29) is 11.9 Å². The summed E-state index contributed by atoms with van der Waals surface area (Å²) in [5.74, 6) is -0.110. The second kappa shape index (κ2) is 5.17. The quantitative estimate of drug-likeness (QED) is 0.841.